The highest BCUT2D eigenvalue weighted by Gasteiger charge is 2.69. The number of halogens is 6. The lowest BCUT2D eigenvalue weighted by atomic mass is 9.79. The maximum Gasteiger partial charge on any atom is 0.407 e. The highest BCUT2D eigenvalue weighted by atomic mass is 79.9. The molecule has 1 fully saturated rings. The van der Waals surface area contributed by atoms with Crippen LogP contribution in [0.4, 0.5) is 13.2 Å². The highest BCUT2D eigenvalue weighted by molar-refractivity contribution is 9.10. The molecule has 0 amide bonds. The molecule has 0 spiro atoms. The fraction of sp³-hybridized carbons (Fsp3) is 0.458. The van der Waals surface area contributed by atoms with Crippen molar-refractivity contribution < 1.29 is 27.8 Å². The number of thioether (sulfide) groups is 2. The van der Waals surface area contributed by atoms with Gasteiger partial charge in [0.1, 0.15) is 15.6 Å². The summed E-state index contributed by atoms with van der Waals surface area (Å²) in [6.45, 7) is 7.61. The van der Waals surface area contributed by atoms with Crippen molar-refractivity contribution in [1.29, 1.82) is 0 Å². The van der Waals surface area contributed by atoms with Crippen LogP contribution in [0.1, 0.15) is 45.2 Å². The van der Waals surface area contributed by atoms with Gasteiger partial charge in [-0.3, -0.25) is 4.79 Å². The third-order valence-electron chi connectivity index (χ3n) is 5.41. The van der Waals surface area contributed by atoms with Crippen molar-refractivity contribution in [2.45, 2.75) is 65.5 Å². The number of esters is 1. The smallest absolute Gasteiger partial charge is 0.407 e. The molecular formula is C24H24BrCl2F3O3S2. The van der Waals surface area contributed by atoms with Gasteiger partial charge in [-0.2, -0.15) is 13.2 Å². The van der Waals surface area contributed by atoms with E-state index >= 15 is 0 Å². The molecule has 0 aliphatic carbocycles. The number of ether oxygens (including phenoxy) is 1. The van der Waals surface area contributed by atoms with E-state index in [1.165, 1.54) is 18.2 Å². The SMILES string of the molecule is CCOC(=O)[C@@H]1SC(c2cc(Cl)cc(Cl)c2)(C(F)(F)F)CC1(O)c1ccc(SC(C)(C)C)c(Br)c1. The summed E-state index contributed by atoms with van der Waals surface area (Å²) >= 11 is 17.4. The number of hydrogen-bond acceptors (Lipinski definition) is 5. The molecule has 3 atom stereocenters. The minimum absolute atomic E-state index is 0.0196. The lowest BCUT2D eigenvalue weighted by Crippen LogP contribution is -2.42. The first-order valence-electron chi connectivity index (χ1n) is 10.6. The lowest BCUT2D eigenvalue weighted by molar-refractivity contribution is -0.174. The monoisotopic (exact) mass is 630 g/mol. The van der Waals surface area contributed by atoms with Crippen LogP contribution in [0.2, 0.25) is 10.0 Å². The van der Waals surface area contributed by atoms with Crippen molar-refractivity contribution in [2.75, 3.05) is 6.61 Å². The molecule has 0 radical (unpaired) electrons. The molecule has 2 aromatic carbocycles. The fourth-order valence-electron chi connectivity index (χ4n) is 4.00. The van der Waals surface area contributed by atoms with Gasteiger partial charge in [-0.05, 0) is 64.3 Å². The van der Waals surface area contributed by atoms with E-state index in [0.717, 1.165) is 4.90 Å². The molecule has 3 nitrogen and oxygen atoms in total. The van der Waals surface area contributed by atoms with Gasteiger partial charge in [0.25, 0.3) is 0 Å². The second kappa shape index (κ2) is 10.3. The molecule has 0 saturated carbocycles. The van der Waals surface area contributed by atoms with Gasteiger partial charge in [0.2, 0.25) is 0 Å². The van der Waals surface area contributed by atoms with E-state index in [0.29, 0.717) is 16.2 Å². The van der Waals surface area contributed by atoms with Crippen molar-refractivity contribution in [3.05, 3.63) is 62.0 Å². The summed E-state index contributed by atoms with van der Waals surface area (Å²) in [6.07, 6.45) is -5.67. The molecule has 0 aromatic heterocycles. The van der Waals surface area contributed by atoms with E-state index in [1.807, 2.05) is 20.8 Å². The van der Waals surface area contributed by atoms with Crippen LogP contribution in [-0.2, 0) is 19.9 Å². The van der Waals surface area contributed by atoms with E-state index < -0.39 is 34.2 Å². The average Bonchev–Trinajstić information content (AvgIpc) is 3.04. The summed E-state index contributed by atoms with van der Waals surface area (Å²) in [6, 6.07) is 8.51. The molecule has 35 heavy (non-hydrogen) atoms. The van der Waals surface area contributed by atoms with Gasteiger partial charge in [-0.25, -0.2) is 0 Å². The van der Waals surface area contributed by atoms with Crippen LogP contribution in [0.25, 0.3) is 0 Å². The molecule has 1 saturated heterocycles. The molecule has 11 heteroatoms. The second-order valence-corrected chi connectivity index (χ2v) is 14.2. The normalized spacial score (nSPS) is 25.1. The molecular weight excluding hydrogens is 608 g/mol. The predicted molar refractivity (Wildman–Crippen MR) is 140 cm³/mol. The third-order valence-corrected chi connectivity index (χ3v) is 9.78. The van der Waals surface area contributed by atoms with Gasteiger partial charge in [-0.1, -0.05) is 50.0 Å². The zero-order valence-corrected chi connectivity index (χ0v) is 24.0. The van der Waals surface area contributed by atoms with E-state index in [9.17, 15) is 23.1 Å². The first kappa shape index (κ1) is 29.0. The van der Waals surface area contributed by atoms with Crippen LogP contribution in [0.15, 0.2) is 45.8 Å². The average molecular weight is 632 g/mol. The largest absolute Gasteiger partial charge is 0.465 e. The van der Waals surface area contributed by atoms with Gasteiger partial charge < -0.3 is 9.84 Å². The number of carbonyl (C=O) groups excluding carboxylic acids is 1. The summed E-state index contributed by atoms with van der Waals surface area (Å²) in [4.78, 5) is 13.8. The third kappa shape index (κ3) is 5.96. The van der Waals surface area contributed by atoms with Gasteiger partial charge >= 0.3 is 12.1 Å². The molecule has 3 rings (SSSR count). The van der Waals surface area contributed by atoms with Crippen LogP contribution in [0.3, 0.4) is 0 Å². The molecule has 2 aromatic rings. The highest BCUT2D eigenvalue weighted by Crippen LogP contribution is 2.65. The standard InChI is InChI=1S/C24H24BrCl2F3O3S2/c1-5-33-20(31)19-22(32,13-6-7-18(17(25)10-13)34-21(2,3)4)12-23(35-19,24(28,29)30)14-8-15(26)11-16(27)9-14/h6-11,19,32H,5,12H2,1-4H3/t19-,22?,23?/m0/s1. The maximum absolute atomic E-state index is 14.8. The zero-order valence-electron chi connectivity index (χ0n) is 19.3. The van der Waals surface area contributed by atoms with Crippen molar-refractivity contribution >= 4 is 68.6 Å². The zero-order chi connectivity index (χ0) is 26.4. The van der Waals surface area contributed by atoms with Crippen molar-refractivity contribution in [3.8, 4) is 0 Å². The van der Waals surface area contributed by atoms with Crippen LogP contribution in [-0.4, -0.2) is 33.9 Å². The quantitative estimate of drug-likeness (QED) is 0.265. The number of rotatable bonds is 5. The Morgan fingerprint density at radius 3 is 2.26 bits per heavy atom. The minimum Gasteiger partial charge on any atom is -0.465 e. The van der Waals surface area contributed by atoms with Crippen molar-refractivity contribution in [1.82, 2.24) is 0 Å². The maximum atomic E-state index is 14.8. The summed E-state index contributed by atoms with van der Waals surface area (Å²) in [5.74, 6) is -0.927. The summed E-state index contributed by atoms with van der Waals surface area (Å²) in [5.41, 5.74) is -2.25. The summed E-state index contributed by atoms with van der Waals surface area (Å²) in [7, 11) is 0. The minimum atomic E-state index is -4.85. The Labute approximate surface area is 229 Å². The van der Waals surface area contributed by atoms with E-state index in [2.05, 4.69) is 15.9 Å². The molecule has 1 heterocycles. The van der Waals surface area contributed by atoms with Crippen LogP contribution >= 0.6 is 62.7 Å². The van der Waals surface area contributed by atoms with Crippen LogP contribution in [0, 0.1) is 0 Å². The second-order valence-electron chi connectivity index (χ2n) is 9.19. The Morgan fingerprint density at radius 1 is 1.17 bits per heavy atom. The Balaban J connectivity index is 2.20. The van der Waals surface area contributed by atoms with Crippen molar-refractivity contribution in [3.63, 3.8) is 0 Å². The number of benzene rings is 2. The number of aliphatic hydroxyl groups is 1. The molecule has 1 N–H and O–H groups in total. The topological polar surface area (TPSA) is 46.5 Å². The Hall–Kier alpha value is -0.580. The first-order chi connectivity index (χ1) is 16.0. The first-order valence-corrected chi connectivity index (χ1v) is 13.9. The number of carbonyl (C=O) groups is 1. The summed E-state index contributed by atoms with van der Waals surface area (Å²) in [5, 5.41) is 10.3. The Morgan fingerprint density at radius 2 is 1.77 bits per heavy atom. The molecule has 1 aliphatic rings. The van der Waals surface area contributed by atoms with Gasteiger partial charge in [0.05, 0.1) is 6.61 Å². The Bertz CT molecular complexity index is 1110. The number of hydrogen-bond donors (Lipinski definition) is 1. The van der Waals surface area contributed by atoms with E-state index in [1.54, 1.807) is 36.9 Å². The predicted octanol–water partition coefficient (Wildman–Crippen LogP) is 8.36. The van der Waals surface area contributed by atoms with Gasteiger partial charge in [-0.15, -0.1) is 23.5 Å². The van der Waals surface area contributed by atoms with Gasteiger partial charge in [0.15, 0.2) is 0 Å². The fourth-order valence-corrected chi connectivity index (χ4v) is 7.77. The van der Waals surface area contributed by atoms with Crippen LogP contribution < -0.4 is 0 Å². The van der Waals surface area contributed by atoms with Crippen LogP contribution in [0.5, 0.6) is 0 Å². The molecule has 2 unspecified atom stereocenters. The molecule has 1 aliphatic heterocycles. The molecule has 192 valence electrons. The number of alkyl halides is 3. The summed E-state index contributed by atoms with van der Waals surface area (Å²) < 4.78 is 47.3. The van der Waals surface area contributed by atoms with Crippen molar-refractivity contribution in [2.24, 2.45) is 0 Å². The lowest BCUT2D eigenvalue weighted by Gasteiger charge is -2.33. The van der Waals surface area contributed by atoms with E-state index in [-0.39, 0.29) is 32.5 Å². The van der Waals surface area contributed by atoms with Gasteiger partial charge in [0, 0.05) is 30.6 Å². The molecule has 0 bridgehead atoms. The Kier molecular flexibility index (Phi) is 8.52. The van der Waals surface area contributed by atoms with E-state index in [4.69, 9.17) is 27.9 Å².